The Hall–Kier alpha value is -1.33. The topological polar surface area (TPSA) is 39.1 Å². The zero-order chi connectivity index (χ0) is 13.9. The van der Waals surface area contributed by atoms with E-state index < -0.39 is 0 Å². The fourth-order valence-corrected chi connectivity index (χ4v) is 3.27. The molecule has 5 heteroatoms. The molecule has 0 saturated carbocycles. The second kappa shape index (κ2) is 5.97. The van der Waals surface area contributed by atoms with Gasteiger partial charge < -0.3 is 14.6 Å². The van der Waals surface area contributed by atoms with E-state index in [1.165, 1.54) is 18.5 Å². The number of methoxy groups -OCH3 is 1. The molecule has 4 nitrogen and oxygen atoms in total. The number of halogens is 1. The van der Waals surface area contributed by atoms with Crippen LogP contribution in [0.3, 0.4) is 0 Å². The number of hydrogen-bond acceptors (Lipinski definition) is 3. The second-order valence-corrected chi connectivity index (χ2v) is 5.89. The molecule has 0 spiro atoms. The smallest absolute Gasteiger partial charge is 0.133 e. The van der Waals surface area contributed by atoms with Crippen molar-refractivity contribution in [1.82, 2.24) is 14.9 Å². The number of rotatable bonds is 3. The third-order valence-electron chi connectivity index (χ3n) is 3.84. The Morgan fingerprint density at radius 2 is 2.15 bits per heavy atom. The summed E-state index contributed by atoms with van der Waals surface area (Å²) in [5.41, 5.74) is 2.41. The van der Waals surface area contributed by atoms with Crippen molar-refractivity contribution in [2.75, 3.05) is 20.2 Å². The lowest BCUT2D eigenvalue weighted by Gasteiger charge is -2.23. The lowest BCUT2D eigenvalue weighted by atomic mass is 9.95. The monoisotopic (exact) mass is 335 g/mol. The van der Waals surface area contributed by atoms with Crippen LogP contribution in [0.15, 0.2) is 35.2 Å². The van der Waals surface area contributed by atoms with Gasteiger partial charge in [-0.25, -0.2) is 4.98 Å². The van der Waals surface area contributed by atoms with Crippen LogP contribution in [0, 0.1) is 0 Å². The standard InChI is InChI=1S/C15H18BrN3O/c1-20-15-3-2-12(8-13(15)16)19-10-18-9-14(19)11-4-6-17-7-5-11/h2-3,8-11,17H,4-7H2,1H3. The van der Waals surface area contributed by atoms with Crippen LogP contribution in [0.4, 0.5) is 0 Å². The Bertz CT molecular complexity index is 591. The first-order valence-corrected chi connectivity index (χ1v) is 7.66. The highest BCUT2D eigenvalue weighted by Gasteiger charge is 2.19. The molecule has 1 aliphatic heterocycles. The zero-order valence-corrected chi connectivity index (χ0v) is 13.1. The minimum absolute atomic E-state index is 0.583. The van der Waals surface area contributed by atoms with Gasteiger partial charge in [0.25, 0.3) is 0 Å². The molecule has 2 heterocycles. The van der Waals surface area contributed by atoms with Crippen molar-refractivity contribution >= 4 is 15.9 Å². The van der Waals surface area contributed by atoms with Crippen LogP contribution in [0.25, 0.3) is 5.69 Å². The maximum Gasteiger partial charge on any atom is 0.133 e. The molecule has 0 amide bonds. The number of nitrogens with zero attached hydrogens (tertiary/aromatic N) is 2. The molecule has 0 aliphatic carbocycles. The fourth-order valence-electron chi connectivity index (χ4n) is 2.75. The van der Waals surface area contributed by atoms with Crippen molar-refractivity contribution in [2.45, 2.75) is 18.8 Å². The van der Waals surface area contributed by atoms with Crippen molar-refractivity contribution in [2.24, 2.45) is 0 Å². The molecule has 2 aromatic rings. The van der Waals surface area contributed by atoms with E-state index in [0.29, 0.717) is 5.92 Å². The van der Waals surface area contributed by atoms with Crippen molar-refractivity contribution in [3.63, 3.8) is 0 Å². The molecule has 0 atom stereocenters. The molecule has 1 aromatic carbocycles. The minimum atomic E-state index is 0.583. The largest absolute Gasteiger partial charge is 0.496 e. The Morgan fingerprint density at radius 3 is 2.85 bits per heavy atom. The quantitative estimate of drug-likeness (QED) is 0.936. The number of imidazole rings is 1. The highest BCUT2D eigenvalue weighted by atomic mass is 79.9. The first-order valence-electron chi connectivity index (χ1n) is 6.86. The van der Waals surface area contributed by atoms with Gasteiger partial charge in [-0.3, -0.25) is 0 Å². The SMILES string of the molecule is COc1ccc(-n2cncc2C2CCNCC2)cc1Br. The first kappa shape index (κ1) is 13.6. The molecule has 20 heavy (non-hydrogen) atoms. The van der Waals surface area contributed by atoms with Gasteiger partial charge in [0.05, 0.1) is 17.9 Å². The van der Waals surface area contributed by atoms with E-state index in [0.717, 1.165) is 29.0 Å². The Labute approximate surface area is 127 Å². The lowest BCUT2D eigenvalue weighted by Crippen LogP contribution is -2.27. The second-order valence-electron chi connectivity index (χ2n) is 5.03. The molecule has 1 aliphatic rings. The van der Waals surface area contributed by atoms with Crippen LogP contribution < -0.4 is 10.1 Å². The van der Waals surface area contributed by atoms with Gasteiger partial charge in [0.15, 0.2) is 0 Å². The first-order chi connectivity index (χ1) is 9.79. The molecular weight excluding hydrogens is 318 g/mol. The summed E-state index contributed by atoms with van der Waals surface area (Å²) >= 11 is 3.54. The summed E-state index contributed by atoms with van der Waals surface area (Å²) in [4.78, 5) is 4.34. The fraction of sp³-hybridized carbons (Fsp3) is 0.400. The summed E-state index contributed by atoms with van der Waals surface area (Å²) in [6.45, 7) is 2.17. The van der Waals surface area contributed by atoms with Crippen molar-refractivity contribution < 1.29 is 4.74 Å². The van der Waals surface area contributed by atoms with Gasteiger partial charge in [0, 0.05) is 23.5 Å². The van der Waals surface area contributed by atoms with Gasteiger partial charge in [0.1, 0.15) is 5.75 Å². The van der Waals surface area contributed by atoms with Crippen molar-refractivity contribution in [1.29, 1.82) is 0 Å². The maximum atomic E-state index is 5.28. The Morgan fingerprint density at radius 1 is 1.35 bits per heavy atom. The van der Waals surface area contributed by atoms with Gasteiger partial charge >= 0.3 is 0 Å². The molecule has 0 radical (unpaired) electrons. The van der Waals surface area contributed by atoms with Crippen LogP contribution >= 0.6 is 15.9 Å². The van der Waals surface area contributed by atoms with Gasteiger partial charge in [-0.05, 0) is 60.1 Å². The average Bonchev–Trinajstić information content (AvgIpc) is 2.97. The molecule has 1 fully saturated rings. The van der Waals surface area contributed by atoms with Crippen LogP contribution in [-0.2, 0) is 0 Å². The summed E-state index contributed by atoms with van der Waals surface area (Å²) in [7, 11) is 1.68. The van der Waals surface area contributed by atoms with E-state index in [4.69, 9.17) is 4.74 Å². The predicted octanol–water partition coefficient (Wildman–Crippen LogP) is 3.11. The number of piperidine rings is 1. The van der Waals surface area contributed by atoms with Crippen LogP contribution in [0.1, 0.15) is 24.5 Å². The summed E-state index contributed by atoms with van der Waals surface area (Å²) in [5.74, 6) is 1.43. The molecular formula is C15H18BrN3O. The van der Waals surface area contributed by atoms with Crippen LogP contribution in [0.5, 0.6) is 5.75 Å². The molecule has 0 unspecified atom stereocenters. The summed E-state index contributed by atoms with van der Waals surface area (Å²) in [6.07, 6.45) is 6.23. The normalized spacial score (nSPS) is 16.3. The third-order valence-corrected chi connectivity index (χ3v) is 4.46. The van der Waals surface area contributed by atoms with Crippen LogP contribution in [-0.4, -0.2) is 29.8 Å². The third kappa shape index (κ3) is 2.60. The molecule has 1 saturated heterocycles. The van der Waals surface area contributed by atoms with E-state index in [1.54, 1.807) is 7.11 Å². The van der Waals surface area contributed by atoms with E-state index in [-0.39, 0.29) is 0 Å². The zero-order valence-electron chi connectivity index (χ0n) is 11.5. The van der Waals surface area contributed by atoms with E-state index in [2.05, 4.69) is 42.9 Å². The van der Waals surface area contributed by atoms with Crippen molar-refractivity contribution in [3.8, 4) is 11.4 Å². The van der Waals surface area contributed by atoms with Crippen molar-refractivity contribution in [3.05, 3.63) is 40.9 Å². The minimum Gasteiger partial charge on any atom is -0.496 e. The molecule has 0 bridgehead atoms. The van der Waals surface area contributed by atoms with E-state index in [1.807, 2.05) is 18.6 Å². The highest BCUT2D eigenvalue weighted by Crippen LogP contribution is 2.30. The van der Waals surface area contributed by atoms with Crippen LogP contribution in [0.2, 0.25) is 0 Å². The molecule has 1 N–H and O–H groups in total. The number of nitrogens with one attached hydrogen (secondary N) is 1. The van der Waals surface area contributed by atoms with Gasteiger partial charge in [-0.2, -0.15) is 0 Å². The number of benzene rings is 1. The molecule has 1 aromatic heterocycles. The average molecular weight is 336 g/mol. The summed E-state index contributed by atoms with van der Waals surface area (Å²) in [6, 6.07) is 6.12. The summed E-state index contributed by atoms with van der Waals surface area (Å²) < 4.78 is 8.43. The number of hydrogen-bond donors (Lipinski definition) is 1. The number of aromatic nitrogens is 2. The number of ether oxygens (including phenoxy) is 1. The summed E-state index contributed by atoms with van der Waals surface area (Å²) in [5, 5.41) is 3.41. The van der Waals surface area contributed by atoms with Gasteiger partial charge in [-0.15, -0.1) is 0 Å². The van der Waals surface area contributed by atoms with E-state index in [9.17, 15) is 0 Å². The molecule has 106 valence electrons. The lowest BCUT2D eigenvalue weighted by molar-refractivity contribution is 0.412. The van der Waals surface area contributed by atoms with Gasteiger partial charge in [-0.1, -0.05) is 0 Å². The Balaban J connectivity index is 1.94. The molecule has 3 rings (SSSR count). The Kier molecular flexibility index (Phi) is 4.08. The van der Waals surface area contributed by atoms with Gasteiger partial charge in [0.2, 0.25) is 0 Å². The maximum absolute atomic E-state index is 5.28. The highest BCUT2D eigenvalue weighted by molar-refractivity contribution is 9.10. The predicted molar refractivity (Wildman–Crippen MR) is 82.7 cm³/mol. The van der Waals surface area contributed by atoms with E-state index >= 15 is 0 Å².